The molecule has 0 aliphatic carbocycles. The van der Waals surface area contributed by atoms with E-state index in [1.54, 1.807) is 18.7 Å². The van der Waals surface area contributed by atoms with Crippen molar-refractivity contribution in [2.45, 2.75) is 13.8 Å². The molecule has 3 nitrogen and oxygen atoms in total. The Labute approximate surface area is 97.8 Å². The predicted molar refractivity (Wildman–Crippen MR) is 70.4 cm³/mol. The maximum Gasteiger partial charge on any atom is 0.358 e. The summed E-state index contributed by atoms with van der Waals surface area (Å²) in [6.45, 7) is 4.26. The first-order valence-corrected chi connectivity index (χ1v) is 7.79. The van der Waals surface area contributed by atoms with Gasteiger partial charge in [0, 0.05) is 4.91 Å². The average molecular weight is 325 g/mol. The molecule has 0 aromatic carbocycles. The summed E-state index contributed by atoms with van der Waals surface area (Å²) in [7, 11) is 0. The van der Waals surface area contributed by atoms with Crippen molar-refractivity contribution in [1.82, 2.24) is 0 Å². The number of halogens is 1. The van der Waals surface area contributed by atoms with Gasteiger partial charge in [0.25, 0.3) is 0 Å². The molecule has 5 heteroatoms. The summed E-state index contributed by atoms with van der Waals surface area (Å²) in [6.07, 6.45) is 0. The Morgan fingerprint density at radius 1 is 1.64 bits per heavy atom. The maximum atomic E-state index is 11.5. The lowest BCUT2D eigenvalue weighted by Gasteiger charge is -2.09. The molecule has 1 aliphatic heterocycles. The molecule has 0 atom stereocenters. The Balaban J connectivity index is 2.76. The first-order valence-electron chi connectivity index (χ1n) is 4.31. The second kappa shape index (κ2) is 6.34. The van der Waals surface area contributed by atoms with Gasteiger partial charge in [-0.25, -0.2) is 9.79 Å². The first kappa shape index (κ1) is 11.9. The molecule has 1 aliphatic rings. The summed E-state index contributed by atoms with van der Waals surface area (Å²) in [5.41, 5.74) is 0.477. The number of hydrogen-bond donors (Lipinski definition) is 0. The van der Waals surface area contributed by atoms with Gasteiger partial charge in [-0.2, -0.15) is 0 Å². The van der Waals surface area contributed by atoms with E-state index in [0.717, 1.165) is 10.7 Å². The van der Waals surface area contributed by atoms with Crippen LogP contribution in [0.1, 0.15) is 13.8 Å². The van der Waals surface area contributed by atoms with Gasteiger partial charge in [-0.1, -0.05) is 27.7 Å². The molecule has 78 valence electrons. The van der Waals surface area contributed by atoms with Crippen molar-refractivity contribution in [2.75, 3.05) is 12.4 Å². The molecule has 0 amide bonds. The summed E-state index contributed by atoms with van der Waals surface area (Å²) < 4.78 is 8.88. The van der Waals surface area contributed by atoms with Crippen LogP contribution in [0.4, 0.5) is 0 Å². The Kier molecular flexibility index (Phi) is 5.39. The molecule has 0 saturated heterocycles. The summed E-state index contributed by atoms with van der Waals surface area (Å²) in [6, 6.07) is 0. The van der Waals surface area contributed by atoms with Crippen molar-refractivity contribution in [2.24, 2.45) is 4.99 Å². The molecule has 0 fully saturated rings. The van der Waals surface area contributed by atoms with Gasteiger partial charge in [0.05, 0.1) is 10.7 Å². The highest BCUT2D eigenvalue weighted by molar-refractivity contribution is 14.2. The van der Waals surface area contributed by atoms with Gasteiger partial charge < -0.3 is 4.74 Å². The zero-order valence-corrected chi connectivity index (χ0v) is 11.1. The fraction of sp³-hybridized carbons (Fsp3) is 0.444. The number of rotatable bonds is 4. The van der Waals surface area contributed by atoms with Crippen molar-refractivity contribution in [1.29, 1.82) is 0 Å². The molecule has 0 aromatic heterocycles. The number of esters is 1. The van der Waals surface area contributed by atoms with Crippen LogP contribution in [0, 0.1) is 0 Å². The van der Waals surface area contributed by atoms with Gasteiger partial charge in [-0.15, -0.1) is 11.8 Å². The third kappa shape index (κ3) is 3.20. The number of hydrogen-bond acceptors (Lipinski definition) is 4. The van der Waals surface area contributed by atoms with Crippen molar-refractivity contribution >= 4 is 48.3 Å². The fourth-order valence-electron chi connectivity index (χ4n) is 0.886. The van der Waals surface area contributed by atoms with Crippen LogP contribution in [0.5, 0.6) is 0 Å². The van der Waals surface area contributed by atoms with E-state index in [-0.39, 0.29) is 26.7 Å². The van der Waals surface area contributed by atoms with Gasteiger partial charge in [-0.05, 0) is 16.8 Å². The van der Waals surface area contributed by atoms with Crippen LogP contribution >= 0.6 is 32.5 Å². The van der Waals surface area contributed by atoms with Crippen molar-refractivity contribution in [3.63, 3.8) is 0 Å². The lowest BCUT2D eigenvalue weighted by molar-refractivity contribution is -0.134. The summed E-state index contributed by atoms with van der Waals surface area (Å²) >= 11 is 1.55. The molecule has 0 unspecified atom stereocenters. The first-order chi connectivity index (χ1) is 6.79. The Hall–Kier alpha value is -0.170. The van der Waals surface area contributed by atoms with Crippen LogP contribution in [-0.4, -0.2) is 28.2 Å². The average Bonchev–Trinajstić information content (AvgIpc) is 2.19. The molecule has 1 rings (SSSR count). The molecule has 0 N–H and O–H groups in total. The van der Waals surface area contributed by atoms with Crippen LogP contribution in [0.15, 0.2) is 14.0 Å². The molecule has 0 spiro atoms. The monoisotopic (exact) mass is 325 g/mol. The SMILES string of the molecule is CCOC(=O)C1=NC=IC=C1SCC. The Bertz CT molecular complexity index is 310. The van der Waals surface area contributed by atoms with Gasteiger partial charge >= 0.3 is 5.97 Å². The van der Waals surface area contributed by atoms with E-state index >= 15 is 0 Å². The zero-order valence-electron chi connectivity index (χ0n) is 8.12. The highest BCUT2D eigenvalue weighted by Crippen LogP contribution is 2.24. The molecule has 0 bridgehead atoms. The highest BCUT2D eigenvalue weighted by atomic mass is 127. The van der Waals surface area contributed by atoms with Gasteiger partial charge in [0.15, 0.2) is 5.71 Å². The van der Waals surface area contributed by atoms with E-state index in [1.165, 1.54) is 0 Å². The standard InChI is InChI=1S/C9H12INO2S/c1-3-13-9(12)8-7(14-4-2)5-10-6-11-8/h5-6H,3-4H2,1-2H3. The van der Waals surface area contributed by atoms with Crippen LogP contribution in [-0.2, 0) is 9.53 Å². The number of thioether (sulfide) groups is 1. The third-order valence-corrected chi connectivity index (χ3v) is 4.31. The molecular weight excluding hydrogens is 313 g/mol. The van der Waals surface area contributed by atoms with Crippen LogP contribution < -0.4 is 0 Å². The lowest BCUT2D eigenvalue weighted by atomic mass is 10.4. The van der Waals surface area contributed by atoms with Crippen LogP contribution in [0.3, 0.4) is 0 Å². The van der Waals surface area contributed by atoms with E-state index in [9.17, 15) is 4.79 Å². The molecule has 0 aromatic rings. The minimum atomic E-state index is -0.306. The number of ether oxygens (including phenoxy) is 1. The van der Waals surface area contributed by atoms with Crippen LogP contribution in [0.25, 0.3) is 0 Å². The van der Waals surface area contributed by atoms with Crippen molar-refractivity contribution < 1.29 is 9.53 Å². The maximum absolute atomic E-state index is 11.5. The van der Waals surface area contributed by atoms with Gasteiger partial charge in [-0.3, -0.25) is 0 Å². The molecular formula is C9H12INO2S. The second-order valence-corrected chi connectivity index (χ2v) is 5.53. The predicted octanol–water partition coefficient (Wildman–Crippen LogP) is 2.33. The smallest absolute Gasteiger partial charge is 0.358 e. The molecule has 1 heterocycles. The number of aliphatic imine (C=N–C) groups is 1. The van der Waals surface area contributed by atoms with Crippen LogP contribution in [0.2, 0.25) is 0 Å². The second-order valence-electron chi connectivity index (χ2n) is 2.33. The minimum Gasteiger partial charge on any atom is -0.461 e. The minimum absolute atomic E-state index is 0.104. The fourth-order valence-corrected chi connectivity index (χ4v) is 3.64. The lowest BCUT2D eigenvalue weighted by Crippen LogP contribution is -2.19. The molecule has 0 radical (unpaired) electrons. The van der Waals surface area contributed by atoms with E-state index in [4.69, 9.17) is 4.74 Å². The van der Waals surface area contributed by atoms with Gasteiger partial charge in [0.1, 0.15) is 0 Å². The number of carbonyl (C=O) groups is 1. The summed E-state index contributed by atoms with van der Waals surface area (Å²) in [5, 5.41) is 0. The number of nitrogens with zero attached hydrogens (tertiary/aromatic N) is 1. The van der Waals surface area contributed by atoms with Gasteiger partial charge in [0.2, 0.25) is 0 Å². The zero-order chi connectivity index (χ0) is 10.4. The van der Waals surface area contributed by atoms with E-state index < -0.39 is 0 Å². The largest absolute Gasteiger partial charge is 0.461 e. The Morgan fingerprint density at radius 2 is 2.43 bits per heavy atom. The number of carbonyl (C=O) groups excluding carboxylic acids is 1. The Morgan fingerprint density at radius 3 is 3.07 bits per heavy atom. The van der Waals surface area contributed by atoms with Crippen molar-refractivity contribution in [3.05, 3.63) is 8.99 Å². The molecule has 14 heavy (non-hydrogen) atoms. The normalized spacial score (nSPS) is 15.3. The quantitative estimate of drug-likeness (QED) is 0.588. The van der Waals surface area contributed by atoms with E-state index in [1.807, 2.05) is 4.14 Å². The van der Waals surface area contributed by atoms with Crippen molar-refractivity contribution in [3.8, 4) is 0 Å². The summed E-state index contributed by atoms with van der Waals surface area (Å²) in [4.78, 5) is 16.6. The van der Waals surface area contributed by atoms with E-state index in [0.29, 0.717) is 12.3 Å². The topological polar surface area (TPSA) is 38.7 Å². The highest BCUT2D eigenvalue weighted by Gasteiger charge is 2.18. The summed E-state index contributed by atoms with van der Waals surface area (Å²) in [5.74, 6) is 0.647. The molecule has 0 saturated carbocycles. The van der Waals surface area contributed by atoms with E-state index in [2.05, 4.69) is 16.0 Å². The third-order valence-electron chi connectivity index (χ3n) is 1.40.